The normalized spacial score (nSPS) is 15.4. The van der Waals surface area contributed by atoms with E-state index in [4.69, 9.17) is 11.6 Å². The molecule has 1 aliphatic rings. The average Bonchev–Trinajstić information content (AvgIpc) is 3.25. The van der Waals surface area contributed by atoms with Crippen molar-refractivity contribution in [2.24, 2.45) is 0 Å². The molecule has 0 radical (unpaired) electrons. The maximum absolute atomic E-state index is 12.9. The van der Waals surface area contributed by atoms with Crippen LogP contribution in [0.3, 0.4) is 0 Å². The van der Waals surface area contributed by atoms with Gasteiger partial charge in [0.05, 0.1) is 34.8 Å². The van der Waals surface area contributed by atoms with E-state index in [0.717, 1.165) is 0 Å². The lowest BCUT2D eigenvalue weighted by Gasteiger charge is -2.21. The third-order valence-electron chi connectivity index (χ3n) is 5.15. The Morgan fingerprint density at radius 1 is 1.26 bits per heavy atom. The molecule has 0 bridgehead atoms. The maximum Gasteiger partial charge on any atom is 0.487 e. The van der Waals surface area contributed by atoms with E-state index in [2.05, 4.69) is 31.4 Å². The Labute approximate surface area is 203 Å². The van der Waals surface area contributed by atoms with Crippen molar-refractivity contribution in [1.29, 1.82) is 5.26 Å². The third-order valence-corrected chi connectivity index (χ3v) is 5.23. The van der Waals surface area contributed by atoms with E-state index in [1.807, 2.05) is 4.90 Å². The first kappa shape index (κ1) is 24.1. The molecule has 1 fully saturated rings. The van der Waals surface area contributed by atoms with E-state index in [1.165, 1.54) is 42.9 Å². The number of nitrogens with zero attached hydrogens (tertiary/aromatic N) is 4. The predicted molar refractivity (Wildman–Crippen MR) is 125 cm³/mol. The second kappa shape index (κ2) is 10.1. The minimum Gasteiger partial charge on any atom is -0.420 e. The van der Waals surface area contributed by atoms with Crippen molar-refractivity contribution in [2.45, 2.75) is 18.1 Å². The number of carbonyl (C=O) groups excluding carboxylic acids is 1. The van der Waals surface area contributed by atoms with Crippen molar-refractivity contribution in [3.63, 3.8) is 0 Å². The number of pyridine rings is 2. The molecule has 12 heteroatoms. The number of hydrogen-bond donors (Lipinski definition) is 3. The lowest BCUT2D eigenvalue weighted by Crippen LogP contribution is -2.24. The fourth-order valence-electron chi connectivity index (χ4n) is 3.54. The Morgan fingerprint density at radius 3 is 2.69 bits per heavy atom. The lowest BCUT2D eigenvalue weighted by atomic mass is 10.2. The van der Waals surface area contributed by atoms with Gasteiger partial charge in [0.2, 0.25) is 0 Å². The molecular weight excluding hydrogens is 482 g/mol. The summed E-state index contributed by atoms with van der Waals surface area (Å²) in [5.41, 5.74) is -2.07. The number of carbonyl (C=O) groups is 1. The highest BCUT2D eigenvalue weighted by Crippen LogP contribution is 2.31. The fourth-order valence-corrected chi connectivity index (χ4v) is 3.63. The van der Waals surface area contributed by atoms with E-state index in [9.17, 15) is 23.9 Å². The molecule has 9 nitrogen and oxygen atoms in total. The SMILES string of the molecule is N#Cc1ccncc1Nc1cc(C(=O)Nc2ccc(OC(F)(F)Cl)cc2)cnc1N1CC[C@@H](O)C1. The number of nitriles is 1. The van der Waals surface area contributed by atoms with Gasteiger partial charge in [-0.1, -0.05) is 0 Å². The van der Waals surface area contributed by atoms with E-state index < -0.39 is 17.6 Å². The predicted octanol–water partition coefficient (Wildman–Crippen LogP) is 4.08. The number of benzene rings is 1. The number of halogens is 3. The van der Waals surface area contributed by atoms with Gasteiger partial charge < -0.3 is 25.4 Å². The molecular formula is C23H19ClF2N6O3. The highest BCUT2D eigenvalue weighted by Gasteiger charge is 2.27. The van der Waals surface area contributed by atoms with Gasteiger partial charge in [-0.25, -0.2) is 4.98 Å². The zero-order valence-corrected chi connectivity index (χ0v) is 18.8. The first-order valence-electron chi connectivity index (χ1n) is 10.4. The number of aliphatic hydroxyl groups is 1. The number of aliphatic hydroxyl groups excluding tert-OH is 1. The second-order valence-corrected chi connectivity index (χ2v) is 8.11. The Balaban J connectivity index is 1.58. The zero-order valence-electron chi connectivity index (χ0n) is 18.1. The van der Waals surface area contributed by atoms with Crippen LogP contribution in [0.2, 0.25) is 0 Å². The number of ether oxygens (including phenoxy) is 1. The van der Waals surface area contributed by atoms with Gasteiger partial charge in [-0.15, -0.1) is 8.78 Å². The quantitative estimate of drug-likeness (QED) is 0.415. The number of anilines is 4. The highest BCUT2D eigenvalue weighted by atomic mass is 35.5. The summed E-state index contributed by atoms with van der Waals surface area (Å²) in [6.45, 7) is 0.948. The summed E-state index contributed by atoms with van der Waals surface area (Å²) in [7, 11) is 0. The third kappa shape index (κ3) is 6.11. The van der Waals surface area contributed by atoms with Gasteiger partial charge in [-0.2, -0.15) is 5.26 Å². The summed E-state index contributed by atoms with van der Waals surface area (Å²) in [4.78, 5) is 23.2. The van der Waals surface area contributed by atoms with Crippen molar-refractivity contribution in [3.8, 4) is 11.8 Å². The van der Waals surface area contributed by atoms with Crippen LogP contribution < -0.4 is 20.3 Å². The Morgan fingerprint density at radius 2 is 2.03 bits per heavy atom. The van der Waals surface area contributed by atoms with Crippen LogP contribution in [0.4, 0.5) is 31.7 Å². The van der Waals surface area contributed by atoms with Crippen LogP contribution >= 0.6 is 11.6 Å². The van der Waals surface area contributed by atoms with Crippen LogP contribution in [-0.2, 0) is 0 Å². The molecule has 0 spiro atoms. The van der Waals surface area contributed by atoms with Gasteiger partial charge in [-0.05, 0) is 42.8 Å². The van der Waals surface area contributed by atoms with Gasteiger partial charge in [-0.3, -0.25) is 9.78 Å². The number of hydrogen-bond acceptors (Lipinski definition) is 8. The summed E-state index contributed by atoms with van der Waals surface area (Å²) in [6, 6.07) is 10.5. The molecule has 4 rings (SSSR count). The van der Waals surface area contributed by atoms with Crippen LogP contribution in [0, 0.1) is 11.3 Å². The standard InChI is InChI=1S/C23H19ClF2N6O3/c24-23(25,26)35-18-3-1-16(2-4-18)30-22(34)15-9-19(31-20-12-28-7-5-14(20)10-27)21(29-11-15)32-8-6-17(33)13-32/h1-5,7,9,11-12,17,31,33H,6,8,13H2,(H,30,34)/t17-/m1/s1. The monoisotopic (exact) mass is 500 g/mol. The maximum atomic E-state index is 12.9. The molecule has 1 saturated heterocycles. The van der Waals surface area contributed by atoms with Crippen molar-refractivity contribution in [2.75, 3.05) is 28.6 Å². The summed E-state index contributed by atoms with van der Waals surface area (Å²) < 4.78 is 29.8. The second-order valence-electron chi connectivity index (χ2n) is 7.67. The van der Waals surface area contributed by atoms with Crippen LogP contribution in [-0.4, -0.2) is 45.7 Å². The van der Waals surface area contributed by atoms with Gasteiger partial charge in [0.15, 0.2) is 5.82 Å². The summed E-state index contributed by atoms with van der Waals surface area (Å²) in [6.07, 6.45) is 4.46. The summed E-state index contributed by atoms with van der Waals surface area (Å²) >= 11 is 4.75. The van der Waals surface area contributed by atoms with Gasteiger partial charge in [0, 0.05) is 42.8 Å². The van der Waals surface area contributed by atoms with Gasteiger partial charge >= 0.3 is 5.57 Å². The number of amides is 1. The van der Waals surface area contributed by atoms with Crippen LogP contribution in [0.25, 0.3) is 0 Å². The molecule has 180 valence electrons. The number of β-amino-alcohol motifs (C(OH)–C–C–N with tert-alkyl or cyclic N) is 1. The molecule has 2 aromatic heterocycles. The van der Waals surface area contributed by atoms with E-state index in [0.29, 0.717) is 48.0 Å². The highest BCUT2D eigenvalue weighted by molar-refractivity contribution is 6.20. The number of aromatic nitrogens is 2. The topological polar surface area (TPSA) is 123 Å². The van der Waals surface area contributed by atoms with Crippen molar-refractivity contribution in [3.05, 3.63) is 66.1 Å². The molecule has 35 heavy (non-hydrogen) atoms. The minimum atomic E-state index is -3.84. The number of rotatable bonds is 7. The minimum absolute atomic E-state index is 0.168. The lowest BCUT2D eigenvalue weighted by molar-refractivity contribution is -0.0964. The largest absolute Gasteiger partial charge is 0.487 e. The van der Waals surface area contributed by atoms with Gasteiger partial charge in [0.25, 0.3) is 5.91 Å². The molecule has 1 aromatic carbocycles. The van der Waals surface area contributed by atoms with Crippen LogP contribution in [0.1, 0.15) is 22.3 Å². The Kier molecular flexibility index (Phi) is 6.95. The van der Waals surface area contributed by atoms with Crippen molar-refractivity contribution >= 4 is 40.4 Å². The Hall–Kier alpha value is -4.01. The van der Waals surface area contributed by atoms with Gasteiger partial charge in [0.1, 0.15) is 11.8 Å². The summed E-state index contributed by atoms with van der Waals surface area (Å²) in [5.74, 6) is -0.163. The van der Waals surface area contributed by atoms with E-state index in [1.54, 1.807) is 12.1 Å². The van der Waals surface area contributed by atoms with Crippen LogP contribution in [0.15, 0.2) is 55.0 Å². The molecule has 0 aliphatic carbocycles. The fraction of sp³-hybridized carbons (Fsp3) is 0.217. The van der Waals surface area contributed by atoms with E-state index in [-0.39, 0.29) is 11.3 Å². The zero-order chi connectivity index (χ0) is 25.0. The molecule has 3 N–H and O–H groups in total. The summed E-state index contributed by atoms with van der Waals surface area (Å²) in [5, 5.41) is 25.1. The molecule has 1 atom stereocenters. The number of alkyl halides is 3. The van der Waals surface area contributed by atoms with E-state index >= 15 is 0 Å². The molecule has 3 heterocycles. The first-order valence-corrected chi connectivity index (χ1v) is 10.8. The molecule has 1 amide bonds. The molecule has 0 unspecified atom stereocenters. The molecule has 0 saturated carbocycles. The first-order chi connectivity index (χ1) is 16.7. The van der Waals surface area contributed by atoms with Crippen molar-refractivity contribution in [1.82, 2.24) is 9.97 Å². The molecule has 3 aromatic rings. The molecule has 1 aliphatic heterocycles. The van der Waals surface area contributed by atoms with Crippen molar-refractivity contribution < 1.29 is 23.4 Å². The Bertz CT molecular complexity index is 1260. The number of nitrogens with one attached hydrogen (secondary N) is 2. The van der Waals surface area contributed by atoms with Crippen LogP contribution in [0.5, 0.6) is 5.75 Å². The smallest absolute Gasteiger partial charge is 0.420 e. The average molecular weight is 501 g/mol.